The highest BCUT2D eigenvalue weighted by atomic mass is 16.4. The van der Waals surface area contributed by atoms with Crippen LogP contribution in [0.4, 0.5) is 0 Å². The highest BCUT2D eigenvalue weighted by Gasteiger charge is 2.44. The molecule has 3 heterocycles. The number of hydrogen-bond acceptors (Lipinski definition) is 5. The Morgan fingerprint density at radius 2 is 2.12 bits per heavy atom. The Kier molecular flexibility index (Phi) is 4.45. The van der Waals surface area contributed by atoms with Gasteiger partial charge in [0.25, 0.3) is 0 Å². The summed E-state index contributed by atoms with van der Waals surface area (Å²) in [6.45, 7) is 8.00. The van der Waals surface area contributed by atoms with Gasteiger partial charge in [-0.3, -0.25) is 9.58 Å². The number of carboxylic acids is 1. The third-order valence-electron chi connectivity index (χ3n) is 4.77. The van der Waals surface area contributed by atoms with E-state index in [2.05, 4.69) is 28.8 Å². The first kappa shape index (κ1) is 16.7. The first-order chi connectivity index (χ1) is 11.4. The second-order valence-electron chi connectivity index (χ2n) is 6.81. The summed E-state index contributed by atoms with van der Waals surface area (Å²) >= 11 is 0. The van der Waals surface area contributed by atoms with Crippen molar-refractivity contribution >= 4 is 5.97 Å². The molecule has 0 saturated carbocycles. The normalized spacial score (nSPS) is 18.2. The molecule has 24 heavy (non-hydrogen) atoms. The van der Waals surface area contributed by atoms with Crippen LogP contribution in [0.1, 0.15) is 49.9 Å². The first-order valence-electron chi connectivity index (χ1n) is 8.33. The number of aromatic nitrogens is 3. The van der Waals surface area contributed by atoms with Crippen LogP contribution in [0.15, 0.2) is 22.9 Å². The Morgan fingerprint density at radius 3 is 2.62 bits per heavy atom. The summed E-state index contributed by atoms with van der Waals surface area (Å²) in [4.78, 5) is 18.5. The molecule has 0 amide bonds. The zero-order chi connectivity index (χ0) is 17.3. The lowest BCUT2D eigenvalue weighted by atomic mass is 9.87. The van der Waals surface area contributed by atoms with Crippen molar-refractivity contribution in [3.05, 3.63) is 35.8 Å². The molecular formula is C17H24N4O3. The fourth-order valence-electron chi connectivity index (χ4n) is 3.22. The number of piperidine rings is 1. The Hall–Kier alpha value is -2.15. The van der Waals surface area contributed by atoms with E-state index in [9.17, 15) is 9.90 Å². The number of carboxylic acid groups (broad SMARTS) is 1. The molecule has 1 aliphatic heterocycles. The lowest BCUT2D eigenvalue weighted by molar-refractivity contribution is -0.151. The SMILES string of the molecule is Cc1nc(CN2CCC(C(=O)O)(n3ccc(C(C)C)n3)CC2)co1. The minimum atomic E-state index is -0.955. The monoisotopic (exact) mass is 332 g/mol. The average Bonchev–Trinajstić information content (AvgIpc) is 3.17. The third kappa shape index (κ3) is 3.08. The summed E-state index contributed by atoms with van der Waals surface area (Å²) in [6.07, 6.45) is 4.52. The minimum Gasteiger partial charge on any atom is -0.479 e. The van der Waals surface area contributed by atoms with Crippen molar-refractivity contribution in [3.8, 4) is 0 Å². The van der Waals surface area contributed by atoms with Gasteiger partial charge in [-0.15, -0.1) is 0 Å². The molecule has 3 rings (SSSR count). The van der Waals surface area contributed by atoms with E-state index in [1.54, 1.807) is 17.1 Å². The molecule has 0 unspecified atom stereocenters. The molecule has 0 aliphatic carbocycles. The Morgan fingerprint density at radius 1 is 1.42 bits per heavy atom. The van der Waals surface area contributed by atoms with Crippen molar-refractivity contribution in [2.75, 3.05) is 13.1 Å². The maximum atomic E-state index is 12.0. The van der Waals surface area contributed by atoms with E-state index < -0.39 is 11.5 Å². The predicted octanol–water partition coefficient (Wildman–Crippen LogP) is 2.38. The summed E-state index contributed by atoms with van der Waals surface area (Å²) in [5.74, 6) is 0.130. The number of rotatable bonds is 5. The fourth-order valence-corrected chi connectivity index (χ4v) is 3.22. The van der Waals surface area contributed by atoms with Crippen LogP contribution >= 0.6 is 0 Å². The molecule has 1 fully saturated rings. The molecule has 1 saturated heterocycles. The maximum absolute atomic E-state index is 12.0. The quantitative estimate of drug-likeness (QED) is 0.905. The maximum Gasteiger partial charge on any atom is 0.331 e. The van der Waals surface area contributed by atoms with Gasteiger partial charge in [0.1, 0.15) is 6.26 Å². The largest absolute Gasteiger partial charge is 0.479 e. The molecule has 7 nitrogen and oxygen atoms in total. The summed E-state index contributed by atoms with van der Waals surface area (Å²) in [5.41, 5.74) is 0.858. The first-order valence-corrected chi connectivity index (χ1v) is 8.33. The molecule has 2 aromatic rings. The highest BCUT2D eigenvalue weighted by Crippen LogP contribution is 2.31. The minimum absolute atomic E-state index is 0.285. The van der Waals surface area contributed by atoms with E-state index >= 15 is 0 Å². The van der Waals surface area contributed by atoms with E-state index in [1.165, 1.54) is 0 Å². The molecule has 130 valence electrons. The van der Waals surface area contributed by atoms with Crippen LogP contribution in [0.25, 0.3) is 0 Å². The summed E-state index contributed by atoms with van der Waals surface area (Å²) in [5, 5.41) is 14.4. The van der Waals surface area contributed by atoms with E-state index in [0.717, 1.165) is 11.4 Å². The number of carbonyl (C=O) groups is 1. The van der Waals surface area contributed by atoms with Crippen LogP contribution in [0.3, 0.4) is 0 Å². The van der Waals surface area contributed by atoms with Crippen molar-refractivity contribution in [1.29, 1.82) is 0 Å². The van der Waals surface area contributed by atoms with Crippen molar-refractivity contribution in [1.82, 2.24) is 19.7 Å². The fraction of sp³-hybridized carbons (Fsp3) is 0.588. The zero-order valence-corrected chi connectivity index (χ0v) is 14.4. The molecule has 2 aromatic heterocycles. The number of aryl methyl sites for hydroxylation is 1. The number of likely N-dealkylation sites (tertiary alicyclic amines) is 1. The van der Waals surface area contributed by atoms with E-state index in [4.69, 9.17) is 4.42 Å². The summed E-state index contributed by atoms with van der Waals surface area (Å²) < 4.78 is 6.89. The van der Waals surface area contributed by atoms with E-state index in [1.807, 2.05) is 13.0 Å². The second-order valence-corrected chi connectivity index (χ2v) is 6.81. The average molecular weight is 332 g/mol. The molecule has 0 spiro atoms. The van der Waals surface area contributed by atoms with Gasteiger partial charge in [-0.25, -0.2) is 9.78 Å². The van der Waals surface area contributed by atoms with Crippen LogP contribution in [0, 0.1) is 6.92 Å². The Balaban J connectivity index is 1.73. The van der Waals surface area contributed by atoms with Crippen LogP contribution in [0.5, 0.6) is 0 Å². The van der Waals surface area contributed by atoms with Crippen LogP contribution < -0.4 is 0 Å². The van der Waals surface area contributed by atoms with Gasteiger partial charge in [-0.1, -0.05) is 13.8 Å². The van der Waals surface area contributed by atoms with Gasteiger partial charge in [0.2, 0.25) is 0 Å². The van der Waals surface area contributed by atoms with Crippen LogP contribution in [0.2, 0.25) is 0 Å². The number of oxazole rings is 1. The molecule has 0 bridgehead atoms. The van der Waals surface area contributed by atoms with Crippen molar-refractivity contribution in [3.63, 3.8) is 0 Å². The van der Waals surface area contributed by atoms with Gasteiger partial charge in [0.05, 0.1) is 11.4 Å². The van der Waals surface area contributed by atoms with Gasteiger partial charge >= 0.3 is 5.97 Å². The lowest BCUT2D eigenvalue weighted by Crippen LogP contribution is -2.51. The van der Waals surface area contributed by atoms with E-state index in [-0.39, 0.29) is 5.92 Å². The number of aliphatic carboxylic acids is 1. The van der Waals surface area contributed by atoms with Crippen LogP contribution in [-0.2, 0) is 16.9 Å². The third-order valence-corrected chi connectivity index (χ3v) is 4.77. The van der Waals surface area contributed by atoms with Crippen molar-refractivity contribution < 1.29 is 14.3 Å². The second kappa shape index (κ2) is 6.39. The highest BCUT2D eigenvalue weighted by molar-refractivity contribution is 5.76. The van der Waals surface area contributed by atoms with Crippen molar-refractivity contribution in [2.24, 2.45) is 0 Å². The summed E-state index contributed by atoms with van der Waals surface area (Å²) in [7, 11) is 0. The Labute approximate surface area is 141 Å². The molecule has 0 atom stereocenters. The summed E-state index contributed by atoms with van der Waals surface area (Å²) in [6, 6.07) is 1.92. The van der Waals surface area contributed by atoms with Crippen LogP contribution in [-0.4, -0.2) is 43.8 Å². The van der Waals surface area contributed by atoms with E-state index in [0.29, 0.717) is 38.4 Å². The van der Waals surface area contributed by atoms with Gasteiger partial charge < -0.3 is 9.52 Å². The van der Waals surface area contributed by atoms with Crippen molar-refractivity contribution in [2.45, 2.75) is 51.6 Å². The smallest absolute Gasteiger partial charge is 0.331 e. The predicted molar refractivity (Wildman–Crippen MR) is 87.7 cm³/mol. The van der Waals surface area contributed by atoms with Gasteiger partial charge in [-0.2, -0.15) is 5.10 Å². The van der Waals surface area contributed by atoms with Gasteiger partial charge in [0, 0.05) is 32.8 Å². The number of hydrogen-bond donors (Lipinski definition) is 1. The molecule has 7 heteroatoms. The molecule has 0 aromatic carbocycles. The molecular weight excluding hydrogens is 308 g/mol. The number of nitrogens with zero attached hydrogens (tertiary/aromatic N) is 4. The molecule has 1 aliphatic rings. The van der Waals surface area contributed by atoms with Gasteiger partial charge in [-0.05, 0) is 24.8 Å². The lowest BCUT2D eigenvalue weighted by Gasteiger charge is -2.38. The molecule has 0 radical (unpaired) electrons. The van der Waals surface area contributed by atoms with Gasteiger partial charge in [0.15, 0.2) is 11.4 Å². The topological polar surface area (TPSA) is 84.4 Å². The Bertz CT molecular complexity index is 711. The standard InChI is InChI=1S/C17H24N4O3/c1-12(2)15-4-7-21(19-15)17(16(22)23)5-8-20(9-6-17)10-14-11-24-13(3)18-14/h4,7,11-12H,5-6,8-10H2,1-3H3,(H,22,23). The molecule has 1 N–H and O–H groups in total. The zero-order valence-electron chi connectivity index (χ0n) is 14.4.